The number of halogens is 2. The van der Waals surface area contributed by atoms with Crippen molar-refractivity contribution < 1.29 is 8.78 Å². The molecule has 0 amide bonds. The van der Waals surface area contributed by atoms with E-state index in [2.05, 4.69) is 4.98 Å². The van der Waals surface area contributed by atoms with Crippen LogP contribution in [0.15, 0.2) is 24.3 Å². The molecule has 0 aliphatic rings. The highest BCUT2D eigenvalue weighted by molar-refractivity contribution is 5.84. The van der Waals surface area contributed by atoms with Gasteiger partial charge in [0.1, 0.15) is 0 Å². The van der Waals surface area contributed by atoms with E-state index in [1.807, 2.05) is 0 Å². The third-order valence-corrected chi connectivity index (χ3v) is 2.00. The molecule has 0 atom stereocenters. The third-order valence-electron chi connectivity index (χ3n) is 2.00. The Morgan fingerprint density at radius 1 is 1.08 bits per heavy atom. The lowest BCUT2D eigenvalue weighted by Crippen LogP contribution is -1.94. The standard InChI is InChI=1S/C10H7F2N/c1-6-7-4-2-3-5-8(7)9(11)10(12)13-6/h2-5H,1H3. The van der Waals surface area contributed by atoms with Crippen LogP contribution in [0, 0.1) is 18.7 Å². The monoisotopic (exact) mass is 179 g/mol. The molecule has 0 bridgehead atoms. The highest BCUT2D eigenvalue weighted by Gasteiger charge is 2.09. The highest BCUT2D eigenvalue weighted by Crippen LogP contribution is 2.20. The molecule has 2 rings (SSSR count). The number of pyridine rings is 1. The summed E-state index contributed by atoms with van der Waals surface area (Å²) in [5, 5.41) is 0.939. The van der Waals surface area contributed by atoms with Crippen LogP contribution in [-0.2, 0) is 0 Å². The summed E-state index contributed by atoms with van der Waals surface area (Å²) < 4.78 is 26.0. The average Bonchev–Trinajstić information content (AvgIpc) is 2.15. The number of fused-ring (bicyclic) bond motifs is 1. The van der Waals surface area contributed by atoms with Crippen molar-refractivity contribution in [2.24, 2.45) is 0 Å². The van der Waals surface area contributed by atoms with Crippen molar-refractivity contribution in [2.75, 3.05) is 0 Å². The summed E-state index contributed by atoms with van der Waals surface area (Å²) in [7, 11) is 0. The molecule has 0 aliphatic heterocycles. The zero-order valence-electron chi connectivity index (χ0n) is 7.01. The average molecular weight is 179 g/mol. The fraction of sp³-hybridized carbons (Fsp3) is 0.100. The van der Waals surface area contributed by atoms with Gasteiger partial charge in [-0.05, 0) is 6.92 Å². The van der Waals surface area contributed by atoms with E-state index in [-0.39, 0.29) is 5.39 Å². The van der Waals surface area contributed by atoms with Crippen molar-refractivity contribution >= 4 is 10.8 Å². The summed E-state index contributed by atoms with van der Waals surface area (Å²) in [5.74, 6) is -1.91. The molecule has 66 valence electrons. The van der Waals surface area contributed by atoms with Crippen LogP contribution in [0.2, 0.25) is 0 Å². The van der Waals surface area contributed by atoms with Crippen molar-refractivity contribution in [3.8, 4) is 0 Å². The molecule has 1 heterocycles. The normalized spacial score (nSPS) is 10.7. The number of benzene rings is 1. The maximum atomic E-state index is 13.1. The number of hydrogen-bond acceptors (Lipinski definition) is 1. The lowest BCUT2D eigenvalue weighted by Gasteiger charge is -2.02. The first-order valence-corrected chi connectivity index (χ1v) is 3.90. The Morgan fingerprint density at radius 2 is 1.69 bits per heavy atom. The Labute approximate surface area is 74.0 Å². The first-order chi connectivity index (χ1) is 6.20. The van der Waals surface area contributed by atoms with E-state index in [4.69, 9.17) is 0 Å². The zero-order valence-corrected chi connectivity index (χ0v) is 7.01. The maximum Gasteiger partial charge on any atom is 0.249 e. The number of aromatic nitrogens is 1. The zero-order chi connectivity index (χ0) is 9.42. The fourth-order valence-electron chi connectivity index (χ4n) is 1.36. The van der Waals surface area contributed by atoms with Gasteiger partial charge in [-0.15, -0.1) is 0 Å². The Balaban J connectivity index is 2.97. The minimum absolute atomic E-state index is 0.285. The van der Waals surface area contributed by atoms with Gasteiger partial charge in [0, 0.05) is 16.5 Å². The minimum Gasteiger partial charge on any atom is -0.222 e. The van der Waals surface area contributed by atoms with Gasteiger partial charge in [0.2, 0.25) is 5.95 Å². The molecule has 0 fully saturated rings. The van der Waals surface area contributed by atoms with E-state index in [9.17, 15) is 8.78 Å². The molecule has 0 spiro atoms. The van der Waals surface area contributed by atoms with Crippen LogP contribution in [0.3, 0.4) is 0 Å². The molecule has 0 aliphatic carbocycles. The molecule has 13 heavy (non-hydrogen) atoms. The van der Waals surface area contributed by atoms with Crippen LogP contribution in [0.4, 0.5) is 8.78 Å². The molecule has 1 nitrogen and oxygen atoms in total. The summed E-state index contributed by atoms with van der Waals surface area (Å²) in [6.07, 6.45) is 0. The second-order valence-electron chi connectivity index (χ2n) is 2.85. The van der Waals surface area contributed by atoms with E-state index < -0.39 is 11.8 Å². The molecule has 0 radical (unpaired) electrons. The topological polar surface area (TPSA) is 12.9 Å². The molecular weight excluding hydrogens is 172 g/mol. The molecule has 0 saturated heterocycles. The van der Waals surface area contributed by atoms with Gasteiger partial charge in [-0.25, -0.2) is 9.37 Å². The van der Waals surface area contributed by atoms with Crippen LogP contribution in [0.5, 0.6) is 0 Å². The third kappa shape index (κ3) is 1.16. The largest absolute Gasteiger partial charge is 0.249 e. The van der Waals surface area contributed by atoms with Gasteiger partial charge >= 0.3 is 0 Å². The molecule has 1 aromatic heterocycles. The van der Waals surface area contributed by atoms with Crippen LogP contribution in [-0.4, -0.2) is 4.98 Å². The molecule has 2 aromatic rings. The molecule has 3 heteroatoms. The summed E-state index contributed by atoms with van der Waals surface area (Å²) >= 11 is 0. The lowest BCUT2D eigenvalue weighted by atomic mass is 10.1. The number of nitrogens with zero attached hydrogens (tertiary/aromatic N) is 1. The van der Waals surface area contributed by atoms with Crippen LogP contribution in [0.1, 0.15) is 5.69 Å². The van der Waals surface area contributed by atoms with Crippen LogP contribution >= 0.6 is 0 Å². The quantitative estimate of drug-likeness (QED) is 0.566. The minimum atomic E-state index is -1.03. The summed E-state index contributed by atoms with van der Waals surface area (Å²) in [6, 6.07) is 6.71. The summed E-state index contributed by atoms with van der Waals surface area (Å²) in [4.78, 5) is 3.46. The van der Waals surface area contributed by atoms with Crippen molar-refractivity contribution in [3.05, 3.63) is 41.7 Å². The van der Waals surface area contributed by atoms with Gasteiger partial charge in [0.05, 0.1) is 0 Å². The number of rotatable bonds is 0. The second kappa shape index (κ2) is 2.76. The van der Waals surface area contributed by atoms with Crippen molar-refractivity contribution in [3.63, 3.8) is 0 Å². The Morgan fingerprint density at radius 3 is 2.38 bits per heavy atom. The van der Waals surface area contributed by atoms with Gasteiger partial charge in [0.15, 0.2) is 5.82 Å². The van der Waals surface area contributed by atoms with Gasteiger partial charge in [0.25, 0.3) is 0 Å². The first-order valence-electron chi connectivity index (χ1n) is 3.90. The predicted molar refractivity (Wildman–Crippen MR) is 46.4 cm³/mol. The summed E-state index contributed by atoms with van der Waals surface area (Å²) in [5.41, 5.74) is 0.509. The van der Waals surface area contributed by atoms with Gasteiger partial charge in [-0.2, -0.15) is 4.39 Å². The SMILES string of the molecule is Cc1nc(F)c(F)c2ccccc12. The van der Waals surface area contributed by atoms with E-state index in [1.54, 1.807) is 31.2 Å². The fourth-order valence-corrected chi connectivity index (χ4v) is 1.36. The molecule has 1 aromatic carbocycles. The van der Waals surface area contributed by atoms with Crippen molar-refractivity contribution in [1.29, 1.82) is 0 Å². The Hall–Kier alpha value is -1.51. The molecular formula is C10H7F2N. The van der Waals surface area contributed by atoms with Crippen LogP contribution < -0.4 is 0 Å². The lowest BCUT2D eigenvalue weighted by molar-refractivity contribution is 0.485. The van der Waals surface area contributed by atoms with Crippen LogP contribution in [0.25, 0.3) is 10.8 Å². The van der Waals surface area contributed by atoms with Gasteiger partial charge in [-0.1, -0.05) is 24.3 Å². The highest BCUT2D eigenvalue weighted by atomic mass is 19.2. The van der Waals surface area contributed by atoms with E-state index in [0.29, 0.717) is 11.1 Å². The Bertz CT molecular complexity index is 466. The number of aryl methyl sites for hydroxylation is 1. The number of hydrogen-bond donors (Lipinski definition) is 0. The Kier molecular flexibility index (Phi) is 1.72. The van der Waals surface area contributed by atoms with E-state index in [1.165, 1.54) is 0 Å². The molecule has 0 saturated carbocycles. The van der Waals surface area contributed by atoms with Crippen molar-refractivity contribution in [2.45, 2.75) is 6.92 Å². The van der Waals surface area contributed by atoms with Crippen molar-refractivity contribution in [1.82, 2.24) is 4.98 Å². The van der Waals surface area contributed by atoms with Gasteiger partial charge in [-0.3, -0.25) is 0 Å². The van der Waals surface area contributed by atoms with E-state index >= 15 is 0 Å². The molecule has 0 unspecified atom stereocenters. The summed E-state index contributed by atoms with van der Waals surface area (Å²) in [6.45, 7) is 1.66. The predicted octanol–water partition coefficient (Wildman–Crippen LogP) is 2.82. The van der Waals surface area contributed by atoms with Gasteiger partial charge < -0.3 is 0 Å². The molecule has 0 N–H and O–H groups in total. The maximum absolute atomic E-state index is 13.1. The smallest absolute Gasteiger partial charge is 0.222 e. The second-order valence-corrected chi connectivity index (χ2v) is 2.85. The van der Waals surface area contributed by atoms with E-state index in [0.717, 1.165) is 0 Å². The first kappa shape index (κ1) is 8.10.